The monoisotopic (exact) mass is 279 g/mol. The van der Waals surface area contributed by atoms with Gasteiger partial charge in [-0.2, -0.15) is 0 Å². The molecular formula is C14H15ClFN3. The summed E-state index contributed by atoms with van der Waals surface area (Å²) in [6.45, 7) is 2.40. The molecule has 3 nitrogen and oxygen atoms in total. The highest BCUT2D eigenvalue weighted by Gasteiger charge is 2.05. The van der Waals surface area contributed by atoms with E-state index in [-0.39, 0.29) is 5.82 Å². The molecule has 0 bridgehead atoms. The predicted octanol–water partition coefficient (Wildman–Crippen LogP) is 3.83. The molecule has 0 radical (unpaired) electrons. The van der Waals surface area contributed by atoms with Gasteiger partial charge in [0.15, 0.2) is 0 Å². The summed E-state index contributed by atoms with van der Waals surface area (Å²) in [6, 6.07) is 8.35. The summed E-state index contributed by atoms with van der Waals surface area (Å²) in [5, 5.41) is 3.39. The molecule has 100 valence electrons. The van der Waals surface area contributed by atoms with Crippen molar-refractivity contribution in [3.05, 3.63) is 52.6 Å². The van der Waals surface area contributed by atoms with Crippen LogP contribution in [0.5, 0.6) is 0 Å². The summed E-state index contributed by atoms with van der Waals surface area (Å²) in [5.74, 6) is 0.185. The van der Waals surface area contributed by atoms with Crippen LogP contribution in [0, 0.1) is 5.82 Å². The molecule has 2 rings (SSSR count). The van der Waals surface area contributed by atoms with Crippen LogP contribution in [0.4, 0.5) is 10.3 Å². The lowest BCUT2D eigenvalue weighted by Crippen LogP contribution is -2.06. The maximum atomic E-state index is 13.5. The van der Waals surface area contributed by atoms with Crippen molar-refractivity contribution in [2.75, 3.05) is 5.32 Å². The van der Waals surface area contributed by atoms with E-state index in [2.05, 4.69) is 22.2 Å². The zero-order valence-corrected chi connectivity index (χ0v) is 11.4. The first kappa shape index (κ1) is 13.7. The van der Waals surface area contributed by atoms with Crippen LogP contribution < -0.4 is 5.32 Å². The largest absolute Gasteiger partial charge is 0.350 e. The molecule has 19 heavy (non-hydrogen) atoms. The lowest BCUT2D eigenvalue weighted by Gasteiger charge is -2.07. The summed E-state index contributed by atoms with van der Waals surface area (Å²) in [5.41, 5.74) is 1.46. The number of aromatic nitrogens is 2. The fourth-order valence-electron chi connectivity index (χ4n) is 1.74. The number of nitrogens with zero attached hydrogens (tertiary/aromatic N) is 2. The van der Waals surface area contributed by atoms with E-state index in [4.69, 9.17) is 11.6 Å². The van der Waals surface area contributed by atoms with Crippen molar-refractivity contribution < 1.29 is 4.39 Å². The molecule has 0 spiro atoms. The van der Waals surface area contributed by atoms with Gasteiger partial charge in [-0.05, 0) is 18.6 Å². The van der Waals surface area contributed by atoms with E-state index >= 15 is 0 Å². The van der Waals surface area contributed by atoms with E-state index < -0.39 is 0 Å². The molecule has 0 aliphatic carbocycles. The Hall–Kier alpha value is -1.68. The number of benzene rings is 1. The highest BCUT2D eigenvalue weighted by molar-refractivity contribution is 6.29. The molecule has 0 amide bonds. The number of anilines is 1. The molecule has 0 saturated heterocycles. The van der Waals surface area contributed by atoms with Crippen LogP contribution in [0.3, 0.4) is 0 Å². The topological polar surface area (TPSA) is 37.8 Å². The third-order valence-electron chi connectivity index (χ3n) is 2.65. The third-order valence-corrected chi connectivity index (χ3v) is 2.84. The van der Waals surface area contributed by atoms with E-state index in [0.717, 1.165) is 18.5 Å². The van der Waals surface area contributed by atoms with Crippen molar-refractivity contribution in [1.82, 2.24) is 9.97 Å². The summed E-state index contributed by atoms with van der Waals surface area (Å²) in [6.07, 6.45) is 1.83. The van der Waals surface area contributed by atoms with Gasteiger partial charge < -0.3 is 5.32 Å². The molecule has 1 aromatic carbocycles. The number of hydrogen-bond acceptors (Lipinski definition) is 3. The first-order valence-corrected chi connectivity index (χ1v) is 6.57. The standard InChI is InChI=1S/C14H15ClFN3/c1-2-5-11-8-13(15)19-14(18-11)17-9-10-6-3-4-7-12(10)16/h3-4,6-8H,2,5,9H2,1H3,(H,17,18,19). The molecule has 0 saturated carbocycles. The number of halogens is 2. The van der Waals surface area contributed by atoms with Crippen LogP contribution >= 0.6 is 11.6 Å². The number of nitrogens with one attached hydrogen (secondary N) is 1. The Morgan fingerprint density at radius 1 is 1.26 bits per heavy atom. The Bertz CT molecular complexity index is 560. The van der Waals surface area contributed by atoms with Crippen LogP contribution in [0.25, 0.3) is 0 Å². The molecule has 0 atom stereocenters. The Morgan fingerprint density at radius 2 is 2.05 bits per heavy atom. The van der Waals surface area contributed by atoms with Crippen LogP contribution in [0.15, 0.2) is 30.3 Å². The number of rotatable bonds is 5. The normalized spacial score (nSPS) is 10.5. The van der Waals surface area contributed by atoms with Crippen molar-refractivity contribution >= 4 is 17.5 Å². The van der Waals surface area contributed by atoms with Gasteiger partial charge >= 0.3 is 0 Å². The Kier molecular flexibility index (Phi) is 4.68. The van der Waals surface area contributed by atoms with Crippen LogP contribution in [-0.2, 0) is 13.0 Å². The first-order valence-electron chi connectivity index (χ1n) is 6.19. The van der Waals surface area contributed by atoms with Gasteiger partial charge in [-0.3, -0.25) is 0 Å². The lowest BCUT2D eigenvalue weighted by atomic mass is 10.2. The average Bonchev–Trinajstić information content (AvgIpc) is 2.37. The van der Waals surface area contributed by atoms with E-state index in [0.29, 0.717) is 23.2 Å². The SMILES string of the molecule is CCCc1cc(Cl)nc(NCc2ccccc2F)n1. The molecule has 2 aromatic rings. The highest BCUT2D eigenvalue weighted by Crippen LogP contribution is 2.13. The zero-order chi connectivity index (χ0) is 13.7. The summed E-state index contributed by atoms with van der Waals surface area (Å²) < 4.78 is 13.5. The van der Waals surface area contributed by atoms with Gasteiger partial charge in [-0.15, -0.1) is 0 Å². The van der Waals surface area contributed by atoms with Crippen molar-refractivity contribution in [2.45, 2.75) is 26.3 Å². The number of aryl methyl sites for hydroxylation is 1. The van der Waals surface area contributed by atoms with Crippen molar-refractivity contribution in [2.24, 2.45) is 0 Å². The third kappa shape index (κ3) is 3.89. The minimum Gasteiger partial charge on any atom is -0.350 e. The highest BCUT2D eigenvalue weighted by atomic mass is 35.5. The Morgan fingerprint density at radius 3 is 2.79 bits per heavy atom. The minimum atomic E-state index is -0.245. The van der Waals surface area contributed by atoms with E-state index in [1.54, 1.807) is 24.3 Å². The predicted molar refractivity (Wildman–Crippen MR) is 74.8 cm³/mol. The molecule has 0 unspecified atom stereocenters. The molecule has 5 heteroatoms. The van der Waals surface area contributed by atoms with Crippen LogP contribution in [0.2, 0.25) is 5.15 Å². The summed E-state index contributed by atoms with van der Waals surface area (Å²) >= 11 is 5.93. The second-order valence-corrected chi connectivity index (χ2v) is 4.59. The average molecular weight is 280 g/mol. The maximum absolute atomic E-state index is 13.5. The van der Waals surface area contributed by atoms with Crippen molar-refractivity contribution in [1.29, 1.82) is 0 Å². The van der Waals surface area contributed by atoms with Gasteiger partial charge in [0.25, 0.3) is 0 Å². The second-order valence-electron chi connectivity index (χ2n) is 4.20. The number of hydrogen-bond donors (Lipinski definition) is 1. The van der Waals surface area contributed by atoms with E-state index in [1.807, 2.05) is 0 Å². The van der Waals surface area contributed by atoms with Crippen molar-refractivity contribution in [3.63, 3.8) is 0 Å². The van der Waals surface area contributed by atoms with Crippen molar-refractivity contribution in [3.8, 4) is 0 Å². The fraction of sp³-hybridized carbons (Fsp3) is 0.286. The summed E-state index contributed by atoms with van der Waals surface area (Å²) in [4.78, 5) is 8.42. The maximum Gasteiger partial charge on any atom is 0.224 e. The molecule has 1 N–H and O–H groups in total. The Balaban J connectivity index is 2.09. The quantitative estimate of drug-likeness (QED) is 0.845. The zero-order valence-electron chi connectivity index (χ0n) is 10.7. The Labute approximate surface area is 116 Å². The molecule has 0 aliphatic rings. The van der Waals surface area contributed by atoms with Gasteiger partial charge in [0, 0.05) is 17.8 Å². The van der Waals surface area contributed by atoms with Gasteiger partial charge in [-0.25, -0.2) is 14.4 Å². The van der Waals surface area contributed by atoms with Gasteiger partial charge in [0.2, 0.25) is 5.95 Å². The van der Waals surface area contributed by atoms with E-state index in [1.165, 1.54) is 6.07 Å². The van der Waals surface area contributed by atoms with E-state index in [9.17, 15) is 4.39 Å². The van der Waals surface area contributed by atoms with Gasteiger partial charge in [0.05, 0.1) is 0 Å². The van der Waals surface area contributed by atoms with Gasteiger partial charge in [0.1, 0.15) is 11.0 Å². The van der Waals surface area contributed by atoms with Gasteiger partial charge in [-0.1, -0.05) is 43.1 Å². The van der Waals surface area contributed by atoms with Crippen LogP contribution in [0.1, 0.15) is 24.6 Å². The lowest BCUT2D eigenvalue weighted by molar-refractivity contribution is 0.612. The fourth-order valence-corrected chi connectivity index (χ4v) is 1.95. The molecule has 1 heterocycles. The first-order chi connectivity index (χ1) is 9.19. The minimum absolute atomic E-state index is 0.245. The molecule has 1 aromatic heterocycles. The summed E-state index contributed by atoms with van der Waals surface area (Å²) in [7, 11) is 0. The molecule has 0 fully saturated rings. The second kappa shape index (κ2) is 6.48. The molecule has 0 aliphatic heterocycles. The molecular weight excluding hydrogens is 265 g/mol. The van der Waals surface area contributed by atoms with Crippen LogP contribution in [-0.4, -0.2) is 9.97 Å². The smallest absolute Gasteiger partial charge is 0.224 e.